The van der Waals surface area contributed by atoms with Gasteiger partial charge >= 0.3 is 0 Å². The second-order valence-electron chi connectivity index (χ2n) is 7.98. The van der Waals surface area contributed by atoms with E-state index in [1.54, 1.807) is 43.3 Å². The highest BCUT2D eigenvalue weighted by Gasteiger charge is 2.29. The van der Waals surface area contributed by atoms with E-state index in [4.69, 9.17) is 5.73 Å². The summed E-state index contributed by atoms with van der Waals surface area (Å²) in [4.78, 5) is 19.4. The van der Waals surface area contributed by atoms with E-state index in [1.807, 2.05) is 0 Å². The van der Waals surface area contributed by atoms with E-state index in [0.717, 1.165) is 19.4 Å². The first kappa shape index (κ1) is 25.0. The Hall–Kier alpha value is -3.60. The first-order valence-electron chi connectivity index (χ1n) is 10.3. The number of aromatic nitrogens is 2. The highest BCUT2D eigenvalue weighted by Crippen LogP contribution is 2.32. The third-order valence-corrected chi connectivity index (χ3v) is 6.77. The average Bonchev–Trinajstić information content (AvgIpc) is 2.76. The summed E-state index contributed by atoms with van der Waals surface area (Å²) in [6.45, 7) is 2.48. The Labute approximate surface area is 196 Å². The lowest BCUT2D eigenvalue weighted by Gasteiger charge is -2.17. The van der Waals surface area contributed by atoms with Gasteiger partial charge in [0.1, 0.15) is 5.82 Å². The molecule has 1 heterocycles. The third-order valence-electron chi connectivity index (χ3n) is 5.21. The van der Waals surface area contributed by atoms with E-state index in [-0.39, 0.29) is 23.9 Å². The molecule has 0 spiro atoms. The number of rotatable bonds is 9. The van der Waals surface area contributed by atoms with Crippen LogP contribution in [0.15, 0.2) is 54.7 Å². The number of benzene rings is 2. The first-order chi connectivity index (χ1) is 15.8. The third kappa shape index (κ3) is 6.25. The SMILES string of the molecule is CC(c1cccc(CNc2nc(Nc3ccc(C(N)=O)cc3)ncc2C(C)(F)F)c1)S(C)(=O)=O. The Morgan fingerprint density at radius 2 is 1.85 bits per heavy atom. The molecule has 1 amide bonds. The number of nitrogens with one attached hydrogen (secondary N) is 2. The molecule has 3 rings (SSSR count). The van der Waals surface area contributed by atoms with Crippen LogP contribution in [0.1, 0.15) is 46.1 Å². The standard InChI is InChI=1S/C23H25F2N5O3S/c1-14(34(3,32)33)17-6-4-5-15(11-17)12-27-21-19(23(2,24)25)13-28-22(30-21)29-18-9-7-16(8-10-18)20(26)31/h4-11,13-14H,12H2,1-3H3,(H2,26,31)(H2,27,28,29,30). The summed E-state index contributed by atoms with van der Waals surface area (Å²) in [5.74, 6) is -3.77. The average molecular weight is 490 g/mol. The second kappa shape index (κ2) is 9.72. The number of nitrogens with zero attached hydrogens (tertiary/aromatic N) is 2. The lowest BCUT2D eigenvalue weighted by Crippen LogP contribution is -2.15. The highest BCUT2D eigenvalue weighted by molar-refractivity contribution is 7.90. The maximum Gasteiger partial charge on any atom is 0.275 e. The van der Waals surface area contributed by atoms with Crippen LogP contribution in [0.4, 0.5) is 26.2 Å². The highest BCUT2D eigenvalue weighted by atomic mass is 32.2. The number of amides is 1. The van der Waals surface area contributed by atoms with E-state index in [2.05, 4.69) is 20.6 Å². The Bertz CT molecular complexity index is 1290. The van der Waals surface area contributed by atoms with Gasteiger partial charge in [0.25, 0.3) is 5.92 Å². The topological polar surface area (TPSA) is 127 Å². The van der Waals surface area contributed by atoms with Crippen molar-refractivity contribution in [3.05, 3.63) is 77.0 Å². The molecule has 0 radical (unpaired) electrons. The van der Waals surface area contributed by atoms with Crippen LogP contribution in [-0.4, -0.2) is 30.5 Å². The number of nitrogens with two attached hydrogens (primary N) is 1. The minimum absolute atomic E-state index is 0.0691. The van der Waals surface area contributed by atoms with Crippen molar-refractivity contribution in [2.45, 2.75) is 31.6 Å². The van der Waals surface area contributed by atoms with Crippen molar-refractivity contribution in [3.8, 4) is 0 Å². The van der Waals surface area contributed by atoms with Crippen molar-refractivity contribution in [2.24, 2.45) is 5.73 Å². The Morgan fingerprint density at radius 3 is 2.44 bits per heavy atom. The molecular formula is C23H25F2N5O3S. The molecule has 1 unspecified atom stereocenters. The molecule has 1 atom stereocenters. The number of primary amides is 1. The quantitative estimate of drug-likeness (QED) is 0.412. The summed E-state index contributed by atoms with van der Waals surface area (Å²) in [5.41, 5.74) is 7.01. The number of anilines is 3. The normalized spacial score (nSPS) is 12.7. The van der Waals surface area contributed by atoms with E-state index in [9.17, 15) is 22.0 Å². The van der Waals surface area contributed by atoms with Gasteiger partial charge in [0.2, 0.25) is 11.9 Å². The van der Waals surface area contributed by atoms with Crippen LogP contribution in [0.25, 0.3) is 0 Å². The van der Waals surface area contributed by atoms with Gasteiger partial charge in [0, 0.05) is 37.2 Å². The van der Waals surface area contributed by atoms with Crippen molar-refractivity contribution in [1.82, 2.24) is 9.97 Å². The summed E-state index contributed by atoms with van der Waals surface area (Å²) < 4.78 is 52.1. The van der Waals surface area contributed by atoms with E-state index >= 15 is 0 Å². The Balaban J connectivity index is 1.84. The van der Waals surface area contributed by atoms with E-state index < -0.39 is 26.9 Å². The van der Waals surface area contributed by atoms with Crippen LogP contribution in [0, 0.1) is 0 Å². The molecule has 0 fully saturated rings. The minimum Gasteiger partial charge on any atom is -0.366 e. The van der Waals surface area contributed by atoms with Crippen LogP contribution in [0.5, 0.6) is 0 Å². The van der Waals surface area contributed by atoms with Crippen molar-refractivity contribution >= 4 is 33.2 Å². The van der Waals surface area contributed by atoms with Crippen LogP contribution in [-0.2, 0) is 22.3 Å². The zero-order valence-electron chi connectivity index (χ0n) is 18.8. The first-order valence-corrected chi connectivity index (χ1v) is 12.2. The summed E-state index contributed by atoms with van der Waals surface area (Å²) in [5, 5.41) is 5.12. The molecule has 2 aromatic carbocycles. The molecule has 0 saturated carbocycles. The van der Waals surface area contributed by atoms with E-state index in [1.165, 1.54) is 12.1 Å². The van der Waals surface area contributed by atoms with Gasteiger partial charge in [-0.1, -0.05) is 24.3 Å². The van der Waals surface area contributed by atoms with Crippen LogP contribution < -0.4 is 16.4 Å². The summed E-state index contributed by atoms with van der Waals surface area (Å²) >= 11 is 0. The van der Waals surface area contributed by atoms with Gasteiger partial charge in [-0.25, -0.2) is 22.2 Å². The Morgan fingerprint density at radius 1 is 1.18 bits per heavy atom. The molecule has 0 aliphatic heterocycles. The zero-order valence-corrected chi connectivity index (χ0v) is 19.7. The number of carbonyl (C=O) groups excluding carboxylic acids is 1. The summed E-state index contributed by atoms with van der Waals surface area (Å²) in [6.07, 6.45) is 2.20. The fourth-order valence-electron chi connectivity index (χ4n) is 3.13. The molecule has 34 heavy (non-hydrogen) atoms. The van der Waals surface area contributed by atoms with Gasteiger partial charge < -0.3 is 16.4 Å². The number of halogens is 2. The van der Waals surface area contributed by atoms with E-state index in [0.29, 0.717) is 22.4 Å². The number of alkyl halides is 2. The molecule has 4 N–H and O–H groups in total. The zero-order chi connectivity index (χ0) is 25.1. The van der Waals surface area contributed by atoms with Crippen LogP contribution >= 0.6 is 0 Å². The number of sulfone groups is 1. The van der Waals surface area contributed by atoms with Crippen molar-refractivity contribution in [2.75, 3.05) is 16.9 Å². The molecule has 180 valence electrons. The molecule has 1 aromatic heterocycles. The molecule has 0 bridgehead atoms. The molecule has 8 nitrogen and oxygen atoms in total. The smallest absolute Gasteiger partial charge is 0.275 e. The van der Waals surface area contributed by atoms with Crippen LogP contribution in [0.3, 0.4) is 0 Å². The lowest BCUT2D eigenvalue weighted by molar-refractivity contribution is 0.0176. The van der Waals surface area contributed by atoms with Gasteiger partial charge in [-0.15, -0.1) is 0 Å². The molecule has 0 aliphatic carbocycles. The van der Waals surface area contributed by atoms with Gasteiger partial charge in [0.15, 0.2) is 9.84 Å². The summed E-state index contributed by atoms with van der Waals surface area (Å²) in [7, 11) is -3.28. The lowest BCUT2D eigenvalue weighted by atomic mass is 10.1. The fourth-order valence-corrected chi connectivity index (χ4v) is 3.77. The largest absolute Gasteiger partial charge is 0.366 e. The summed E-state index contributed by atoms with van der Waals surface area (Å²) in [6, 6.07) is 13.1. The van der Waals surface area contributed by atoms with Gasteiger partial charge in [-0.2, -0.15) is 4.98 Å². The second-order valence-corrected chi connectivity index (χ2v) is 10.3. The monoisotopic (exact) mass is 489 g/mol. The van der Waals surface area contributed by atoms with Crippen molar-refractivity contribution in [1.29, 1.82) is 0 Å². The van der Waals surface area contributed by atoms with Gasteiger partial charge in [-0.05, 0) is 42.3 Å². The molecule has 11 heteroatoms. The fraction of sp³-hybridized carbons (Fsp3) is 0.261. The van der Waals surface area contributed by atoms with Gasteiger partial charge in [-0.3, -0.25) is 4.79 Å². The minimum atomic E-state index is -3.28. The maximum atomic E-state index is 14.2. The predicted octanol–water partition coefficient (Wildman–Crippen LogP) is 4.15. The van der Waals surface area contributed by atoms with Crippen molar-refractivity contribution < 1.29 is 22.0 Å². The van der Waals surface area contributed by atoms with Gasteiger partial charge in [0.05, 0.1) is 10.8 Å². The molecule has 0 saturated heterocycles. The molecule has 3 aromatic rings. The number of hydrogen-bond donors (Lipinski definition) is 3. The predicted molar refractivity (Wildman–Crippen MR) is 127 cm³/mol. The molecule has 0 aliphatic rings. The Kier molecular flexibility index (Phi) is 7.15. The van der Waals surface area contributed by atoms with Crippen LogP contribution in [0.2, 0.25) is 0 Å². The maximum absolute atomic E-state index is 14.2. The number of hydrogen-bond acceptors (Lipinski definition) is 7. The van der Waals surface area contributed by atoms with Crippen molar-refractivity contribution in [3.63, 3.8) is 0 Å². The molecular weight excluding hydrogens is 464 g/mol. The number of carbonyl (C=O) groups is 1.